The molecule has 3 saturated carbocycles. The van der Waals surface area contributed by atoms with E-state index in [-0.39, 0.29) is 58.6 Å². The summed E-state index contributed by atoms with van der Waals surface area (Å²) in [5, 5.41) is 23.8. The summed E-state index contributed by atoms with van der Waals surface area (Å²) < 4.78 is 80.5. The average molecular weight is 778 g/mol. The Morgan fingerprint density at radius 3 is 2.43 bits per heavy atom. The molecular weight excluding hydrogens is 731 g/mol. The van der Waals surface area contributed by atoms with Gasteiger partial charge in [0.25, 0.3) is 0 Å². The average Bonchev–Trinajstić information content (AvgIpc) is 3.84. The van der Waals surface area contributed by atoms with Crippen LogP contribution in [0.25, 0.3) is 11.3 Å². The van der Waals surface area contributed by atoms with E-state index >= 15 is 0 Å². The SMILES string of the molecule is CC12CCC(O)CC13C=CC1(C(C(=O)c4ccc(-c5cc(C(F)(F)F)ccc5Cl)o4)=C3)C2CCC2(C)C1CCC2(O)CN(CC1CCCO1)S(C)(=O)=O. The van der Waals surface area contributed by atoms with E-state index in [1.165, 1.54) is 22.7 Å². The van der Waals surface area contributed by atoms with Crippen LogP contribution in [0.2, 0.25) is 5.02 Å². The molecule has 8 nitrogen and oxygen atoms in total. The highest BCUT2D eigenvalue weighted by atomic mass is 35.5. The Hall–Kier alpha value is -2.48. The molecule has 9 atom stereocenters. The third-order valence-corrected chi connectivity index (χ3v) is 16.2. The summed E-state index contributed by atoms with van der Waals surface area (Å²) in [6.45, 7) is 4.97. The van der Waals surface area contributed by atoms with Gasteiger partial charge < -0.3 is 19.4 Å². The molecule has 13 heteroatoms. The number of hydrogen-bond acceptors (Lipinski definition) is 7. The van der Waals surface area contributed by atoms with Crippen molar-refractivity contribution in [2.75, 3.05) is 26.0 Å². The lowest BCUT2D eigenvalue weighted by molar-refractivity contribution is -0.174. The molecular formula is C40H47ClF3NO7S. The standard InChI is InChI=1S/C40H47ClF3NO7S/c1-35-13-10-25(46)20-37(35)16-17-39(28(21-37)34(47)31-9-8-30(52-31)27-19-24(40(42,43)44)6-7-29(27)41)32(35)11-14-36(2)33(39)12-15-38(36,48)23-45(53(3,49)50)22-26-5-4-18-51-26/h6-9,16-17,19,21,25-26,32-33,46,48H,4-5,10-15,18,20,22-23H2,1-3H3. The molecule has 4 fully saturated rings. The summed E-state index contributed by atoms with van der Waals surface area (Å²) in [7, 11) is -3.70. The van der Waals surface area contributed by atoms with Gasteiger partial charge in [-0.15, -0.1) is 0 Å². The van der Waals surface area contributed by atoms with Gasteiger partial charge in [0.1, 0.15) is 5.76 Å². The van der Waals surface area contributed by atoms with Crippen LogP contribution in [0.5, 0.6) is 0 Å². The number of sulfonamides is 1. The number of halogens is 4. The first kappa shape index (κ1) is 37.4. The van der Waals surface area contributed by atoms with Crippen molar-refractivity contribution in [2.24, 2.45) is 33.5 Å². The van der Waals surface area contributed by atoms with Gasteiger partial charge in [-0.25, -0.2) is 8.42 Å². The van der Waals surface area contributed by atoms with Crippen LogP contribution in [-0.2, 0) is 20.9 Å². The van der Waals surface area contributed by atoms with Gasteiger partial charge >= 0.3 is 6.18 Å². The molecule has 2 N–H and O–H groups in total. The summed E-state index contributed by atoms with van der Waals surface area (Å²) in [5.74, 6) is -0.678. The summed E-state index contributed by atoms with van der Waals surface area (Å²) in [4.78, 5) is 15.0. The predicted molar refractivity (Wildman–Crippen MR) is 192 cm³/mol. The largest absolute Gasteiger partial charge is 0.453 e. The fourth-order valence-electron chi connectivity index (χ4n) is 11.8. The number of allylic oxidation sites excluding steroid dienone is 4. The van der Waals surface area contributed by atoms with Gasteiger partial charge in [0, 0.05) is 47.1 Å². The lowest BCUT2D eigenvalue weighted by Gasteiger charge is -2.71. The maximum Gasteiger partial charge on any atom is 0.416 e. The Morgan fingerprint density at radius 1 is 1.02 bits per heavy atom. The Labute approximate surface area is 313 Å². The Kier molecular flexibility index (Phi) is 8.66. The first-order chi connectivity index (χ1) is 24.8. The Balaban J connectivity index is 1.21. The highest BCUT2D eigenvalue weighted by Gasteiger charge is 2.74. The smallest absolute Gasteiger partial charge is 0.416 e. The van der Waals surface area contributed by atoms with Gasteiger partial charge in [-0.1, -0.05) is 43.7 Å². The second-order valence-electron chi connectivity index (χ2n) is 17.2. The highest BCUT2D eigenvalue weighted by molar-refractivity contribution is 7.88. The highest BCUT2D eigenvalue weighted by Crippen LogP contribution is 2.78. The fourth-order valence-corrected chi connectivity index (χ4v) is 12.9. The van der Waals surface area contributed by atoms with Gasteiger partial charge in [-0.2, -0.15) is 17.5 Å². The van der Waals surface area contributed by atoms with Crippen molar-refractivity contribution in [2.45, 2.75) is 95.6 Å². The maximum absolute atomic E-state index is 15.0. The molecule has 2 heterocycles. The van der Waals surface area contributed by atoms with E-state index in [1.54, 1.807) is 0 Å². The second kappa shape index (κ2) is 12.3. The third kappa shape index (κ3) is 5.51. The number of rotatable bonds is 8. The van der Waals surface area contributed by atoms with Crippen molar-refractivity contribution in [1.29, 1.82) is 0 Å². The lowest BCUT2D eigenvalue weighted by Crippen LogP contribution is -2.67. The molecule has 2 aromatic rings. The van der Waals surface area contributed by atoms with Crippen molar-refractivity contribution in [1.82, 2.24) is 4.31 Å². The number of hydrogen-bond donors (Lipinski definition) is 2. The molecule has 9 rings (SSSR count). The van der Waals surface area contributed by atoms with Crippen LogP contribution in [0.1, 0.15) is 87.8 Å². The van der Waals surface area contributed by atoms with Crippen molar-refractivity contribution in [3.05, 3.63) is 70.5 Å². The quantitative estimate of drug-likeness (QED) is 0.207. The zero-order valence-electron chi connectivity index (χ0n) is 30.2. The van der Waals surface area contributed by atoms with E-state index in [4.69, 9.17) is 20.8 Å². The number of carbonyl (C=O) groups is 1. The molecule has 0 radical (unpaired) electrons. The zero-order valence-corrected chi connectivity index (χ0v) is 31.8. The number of benzene rings is 1. The number of aliphatic hydroxyl groups is 2. The number of fused-ring (bicyclic) bond motifs is 1. The van der Waals surface area contributed by atoms with Gasteiger partial charge in [-0.3, -0.25) is 4.79 Å². The van der Waals surface area contributed by atoms with Gasteiger partial charge in [0.15, 0.2) is 5.76 Å². The molecule has 9 unspecified atom stereocenters. The minimum atomic E-state index is -4.60. The molecule has 53 heavy (non-hydrogen) atoms. The molecule has 0 amide bonds. The molecule has 2 spiro atoms. The fraction of sp³-hybridized carbons (Fsp3) is 0.625. The normalized spacial score (nSPS) is 39.2. The molecule has 288 valence electrons. The predicted octanol–water partition coefficient (Wildman–Crippen LogP) is 7.83. The number of carbonyl (C=O) groups excluding carboxylic acids is 1. The molecule has 1 aromatic carbocycles. The number of alkyl halides is 3. The Morgan fingerprint density at radius 2 is 1.74 bits per heavy atom. The van der Waals surface area contributed by atoms with E-state index in [2.05, 4.69) is 19.1 Å². The number of aliphatic hydroxyl groups excluding tert-OH is 1. The topological polar surface area (TPSA) is 117 Å². The number of Topliss-reactive ketones (excluding diaryl/α,β-unsaturated/α-hetero) is 1. The van der Waals surface area contributed by atoms with Crippen LogP contribution in [0, 0.1) is 33.5 Å². The number of nitrogens with zero attached hydrogens (tertiary/aromatic N) is 1. The molecule has 1 saturated heterocycles. The van der Waals surface area contributed by atoms with Gasteiger partial charge in [-0.05, 0) is 105 Å². The van der Waals surface area contributed by atoms with Crippen LogP contribution >= 0.6 is 11.6 Å². The molecule has 1 aromatic heterocycles. The number of furan rings is 1. The lowest BCUT2D eigenvalue weighted by atomic mass is 9.32. The van der Waals surface area contributed by atoms with E-state index in [9.17, 15) is 36.6 Å². The molecule has 6 aliphatic carbocycles. The summed E-state index contributed by atoms with van der Waals surface area (Å²) in [6, 6.07) is 5.89. The van der Waals surface area contributed by atoms with Crippen molar-refractivity contribution in [3.8, 4) is 11.3 Å². The van der Waals surface area contributed by atoms with Crippen LogP contribution in [0.4, 0.5) is 13.2 Å². The zero-order chi connectivity index (χ0) is 38.0. The molecule has 7 aliphatic rings. The van der Waals surface area contributed by atoms with Gasteiger partial charge in [0.05, 0.1) is 34.7 Å². The van der Waals surface area contributed by atoms with E-state index in [1.807, 2.05) is 13.0 Å². The van der Waals surface area contributed by atoms with E-state index < -0.39 is 55.5 Å². The first-order valence-corrected chi connectivity index (χ1v) is 20.9. The minimum Gasteiger partial charge on any atom is -0.453 e. The van der Waals surface area contributed by atoms with Crippen molar-refractivity contribution >= 4 is 27.4 Å². The monoisotopic (exact) mass is 777 g/mol. The Bertz CT molecular complexity index is 2010. The van der Waals surface area contributed by atoms with E-state index in [0.717, 1.165) is 37.5 Å². The van der Waals surface area contributed by atoms with Crippen LogP contribution in [0.3, 0.4) is 0 Å². The first-order valence-electron chi connectivity index (χ1n) is 18.7. The summed E-state index contributed by atoms with van der Waals surface area (Å²) in [6.07, 6.45) is 7.73. The van der Waals surface area contributed by atoms with Crippen LogP contribution in [-0.4, -0.2) is 72.5 Å². The van der Waals surface area contributed by atoms with Crippen LogP contribution < -0.4 is 0 Å². The molecule has 2 bridgehead atoms. The van der Waals surface area contributed by atoms with Crippen molar-refractivity contribution in [3.63, 3.8) is 0 Å². The summed E-state index contributed by atoms with van der Waals surface area (Å²) >= 11 is 6.35. The third-order valence-electron chi connectivity index (χ3n) is 14.7. The second-order valence-corrected chi connectivity index (χ2v) is 19.6. The minimum absolute atomic E-state index is 0.0155. The maximum atomic E-state index is 15.0. The number of ketones is 1. The summed E-state index contributed by atoms with van der Waals surface area (Å²) in [5.41, 5.74) is -4.31. The van der Waals surface area contributed by atoms with Crippen molar-refractivity contribution < 1.29 is 45.8 Å². The molecule has 1 aliphatic heterocycles. The van der Waals surface area contributed by atoms with E-state index in [0.29, 0.717) is 50.7 Å². The van der Waals surface area contributed by atoms with Gasteiger partial charge in [0.2, 0.25) is 15.8 Å². The number of ether oxygens (including phenoxy) is 1. The van der Waals surface area contributed by atoms with Crippen LogP contribution in [0.15, 0.2) is 58.6 Å².